The molecule has 130 valence electrons. The number of aryl methyl sites for hydroxylation is 3. The number of carbonyl (C=O) groups excluding carboxylic acids is 1. The van der Waals surface area contributed by atoms with Gasteiger partial charge in [0.05, 0.1) is 7.11 Å². The lowest BCUT2D eigenvalue weighted by atomic mass is 9.98. The number of benzene rings is 1. The fourth-order valence-corrected chi connectivity index (χ4v) is 2.88. The number of amides is 1. The second-order valence-corrected chi connectivity index (χ2v) is 6.21. The normalized spacial score (nSPS) is 11.8. The van der Waals surface area contributed by atoms with Crippen LogP contribution in [0.2, 0.25) is 0 Å². The maximum absolute atomic E-state index is 12.1. The van der Waals surface area contributed by atoms with Crippen molar-refractivity contribution in [1.29, 1.82) is 0 Å². The van der Waals surface area contributed by atoms with Crippen molar-refractivity contribution in [2.45, 2.75) is 47.5 Å². The van der Waals surface area contributed by atoms with Crippen LogP contribution < -0.4 is 10.1 Å². The smallest absolute Gasteiger partial charge is 0.244 e. The van der Waals surface area contributed by atoms with Gasteiger partial charge in [0.25, 0.3) is 0 Å². The van der Waals surface area contributed by atoms with Gasteiger partial charge in [0.15, 0.2) is 0 Å². The summed E-state index contributed by atoms with van der Waals surface area (Å²) in [7, 11) is 1.65. The molecule has 0 atom stereocenters. The highest BCUT2D eigenvalue weighted by Crippen LogP contribution is 2.38. The first-order valence-corrected chi connectivity index (χ1v) is 8.44. The Hall–Kier alpha value is -2.23. The Morgan fingerprint density at radius 1 is 1.29 bits per heavy atom. The van der Waals surface area contributed by atoms with Crippen LogP contribution in [0.25, 0.3) is 16.5 Å². The monoisotopic (exact) mass is 329 g/mol. The van der Waals surface area contributed by atoms with Crippen LogP contribution in [0.1, 0.15) is 49.1 Å². The standard InChI is InChI=1S/C20H27NO3/c1-7-8-9-21-18(22)10-12(2)16-11-17-13(3)15(5)24-20(17)14(4)19(16)23-6/h10-11H,7-9H2,1-6H3,(H,21,22)/b12-10+. The van der Waals surface area contributed by atoms with Gasteiger partial charge in [-0.2, -0.15) is 0 Å². The summed E-state index contributed by atoms with van der Waals surface area (Å²) in [6.07, 6.45) is 3.69. The molecular weight excluding hydrogens is 302 g/mol. The van der Waals surface area contributed by atoms with Gasteiger partial charge in [0, 0.05) is 29.1 Å². The Morgan fingerprint density at radius 3 is 2.62 bits per heavy atom. The van der Waals surface area contributed by atoms with Crippen molar-refractivity contribution in [3.63, 3.8) is 0 Å². The number of ether oxygens (including phenoxy) is 1. The molecule has 1 amide bonds. The lowest BCUT2D eigenvalue weighted by Gasteiger charge is -2.13. The summed E-state index contributed by atoms with van der Waals surface area (Å²) < 4.78 is 11.5. The van der Waals surface area contributed by atoms with E-state index in [2.05, 4.69) is 18.3 Å². The van der Waals surface area contributed by atoms with Crippen LogP contribution in [0.15, 0.2) is 16.6 Å². The molecular formula is C20H27NO3. The van der Waals surface area contributed by atoms with Gasteiger partial charge < -0.3 is 14.5 Å². The molecule has 4 heteroatoms. The molecule has 0 unspecified atom stereocenters. The van der Waals surface area contributed by atoms with E-state index in [1.54, 1.807) is 13.2 Å². The number of carbonyl (C=O) groups is 1. The SMILES string of the molecule is CCCCNC(=O)/C=C(\C)c1cc2c(C)c(C)oc2c(C)c1OC. The van der Waals surface area contributed by atoms with E-state index in [0.717, 1.165) is 57.6 Å². The summed E-state index contributed by atoms with van der Waals surface area (Å²) in [6.45, 7) is 10.7. The van der Waals surface area contributed by atoms with Crippen LogP contribution >= 0.6 is 0 Å². The number of furan rings is 1. The predicted octanol–water partition coefficient (Wildman–Crippen LogP) is 4.69. The molecule has 1 aromatic carbocycles. The van der Waals surface area contributed by atoms with Gasteiger partial charge in [0.2, 0.25) is 5.91 Å². The highest BCUT2D eigenvalue weighted by atomic mass is 16.5. The zero-order chi connectivity index (χ0) is 17.9. The summed E-state index contributed by atoms with van der Waals surface area (Å²) in [4.78, 5) is 12.1. The number of allylic oxidation sites excluding steroid dienone is 1. The van der Waals surface area contributed by atoms with Gasteiger partial charge in [0.1, 0.15) is 17.1 Å². The van der Waals surface area contributed by atoms with E-state index in [1.807, 2.05) is 27.7 Å². The van der Waals surface area contributed by atoms with Crippen LogP contribution in [-0.4, -0.2) is 19.6 Å². The Morgan fingerprint density at radius 2 is 2.00 bits per heavy atom. The van der Waals surface area contributed by atoms with Crippen molar-refractivity contribution in [2.75, 3.05) is 13.7 Å². The number of nitrogens with one attached hydrogen (secondary N) is 1. The van der Waals surface area contributed by atoms with Crippen LogP contribution in [0.4, 0.5) is 0 Å². The topological polar surface area (TPSA) is 51.5 Å². The van der Waals surface area contributed by atoms with Gasteiger partial charge in [-0.25, -0.2) is 0 Å². The van der Waals surface area contributed by atoms with E-state index in [4.69, 9.17) is 9.15 Å². The Labute approximate surface area is 143 Å². The summed E-state index contributed by atoms with van der Waals surface area (Å²) >= 11 is 0. The molecule has 2 aromatic rings. The molecule has 0 radical (unpaired) electrons. The molecule has 0 saturated carbocycles. The zero-order valence-corrected chi connectivity index (χ0v) is 15.5. The first kappa shape index (κ1) is 18.1. The molecule has 0 aliphatic rings. The number of rotatable bonds is 6. The third-order valence-electron chi connectivity index (χ3n) is 4.45. The predicted molar refractivity (Wildman–Crippen MR) is 98.5 cm³/mol. The highest BCUT2D eigenvalue weighted by Gasteiger charge is 2.18. The molecule has 1 heterocycles. The van der Waals surface area contributed by atoms with Gasteiger partial charge in [-0.3, -0.25) is 4.79 Å². The lowest BCUT2D eigenvalue weighted by Crippen LogP contribution is -2.22. The zero-order valence-electron chi connectivity index (χ0n) is 15.5. The van der Waals surface area contributed by atoms with E-state index in [9.17, 15) is 4.79 Å². The van der Waals surface area contributed by atoms with Crippen LogP contribution in [0.5, 0.6) is 5.75 Å². The van der Waals surface area contributed by atoms with Gasteiger partial charge >= 0.3 is 0 Å². The first-order chi connectivity index (χ1) is 11.4. The minimum Gasteiger partial charge on any atom is -0.496 e. The number of unbranched alkanes of at least 4 members (excludes halogenated alkanes) is 1. The van der Waals surface area contributed by atoms with Crippen molar-refractivity contribution in [3.8, 4) is 5.75 Å². The van der Waals surface area contributed by atoms with Gasteiger partial charge in [-0.1, -0.05) is 13.3 Å². The molecule has 0 saturated heterocycles. The van der Waals surface area contributed by atoms with Crippen molar-refractivity contribution >= 4 is 22.4 Å². The maximum atomic E-state index is 12.1. The van der Waals surface area contributed by atoms with Crippen LogP contribution in [-0.2, 0) is 4.79 Å². The van der Waals surface area contributed by atoms with Crippen molar-refractivity contribution in [3.05, 3.63) is 34.6 Å². The minimum atomic E-state index is -0.0687. The number of methoxy groups -OCH3 is 1. The summed E-state index contributed by atoms with van der Waals surface area (Å²) in [5.74, 6) is 1.60. The van der Waals surface area contributed by atoms with Crippen molar-refractivity contribution < 1.29 is 13.9 Å². The molecule has 0 bridgehead atoms. The largest absolute Gasteiger partial charge is 0.496 e. The average Bonchev–Trinajstić information content (AvgIpc) is 2.83. The molecule has 0 fully saturated rings. The second kappa shape index (κ2) is 7.56. The van der Waals surface area contributed by atoms with Crippen molar-refractivity contribution in [2.24, 2.45) is 0 Å². The fourth-order valence-electron chi connectivity index (χ4n) is 2.88. The summed E-state index contributed by atoms with van der Waals surface area (Å²) in [6, 6.07) is 2.05. The van der Waals surface area contributed by atoms with E-state index >= 15 is 0 Å². The fraction of sp³-hybridized carbons (Fsp3) is 0.450. The van der Waals surface area contributed by atoms with Crippen LogP contribution in [0.3, 0.4) is 0 Å². The lowest BCUT2D eigenvalue weighted by molar-refractivity contribution is -0.116. The van der Waals surface area contributed by atoms with Crippen molar-refractivity contribution in [1.82, 2.24) is 5.32 Å². The molecule has 4 nitrogen and oxygen atoms in total. The van der Waals surface area contributed by atoms with E-state index in [0.29, 0.717) is 6.54 Å². The Bertz CT molecular complexity index is 784. The van der Waals surface area contributed by atoms with Gasteiger partial charge in [-0.05, 0) is 51.3 Å². The average molecular weight is 329 g/mol. The van der Waals surface area contributed by atoms with E-state index in [-0.39, 0.29) is 5.91 Å². The van der Waals surface area contributed by atoms with E-state index < -0.39 is 0 Å². The summed E-state index contributed by atoms with van der Waals surface area (Å²) in [5.41, 5.74) is 4.74. The molecule has 0 aliphatic heterocycles. The van der Waals surface area contributed by atoms with E-state index in [1.165, 1.54) is 0 Å². The third-order valence-corrected chi connectivity index (χ3v) is 4.45. The Balaban J connectivity index is 2.46. The number of hydrogen-bond acceptors (Lipinski definition) is 3. The second-order valence-electron chi connectivity index (χ2n) is 6.21. The van der Waals surface area contributed by atoms with Gasteiger partial charge in [-0.15, -0.1) is 0 Å². The van der Waals surface area contributed by atoms with Crippen LogP contribution in [0, 0.1) is 20.8 Å². The Kier molecular flexibility index (Phi) is 5.71. The molecule has 1 aromatic heterocycles. The highest BCUT2D eigenvalue weighted by molar-refractivity contribution is 5.98. The minimum absolute atomic E-state index is 0.0687. The molecule has 1 N–H and O–H groups in total. The first-order valence-electron chi connectivity index (χ1n) is 8.44. The molecule has 24 heavy (non-hydrogen) atoms. The molecule has 0 aliphatic carbocycles. The molecule has 2 rings (SSSR count). The summed E-state index contributed by atoms with van der Waals surface area (Å²) in [5, 5.41) is 3.98. The third kappa shape index (κ3) is 3.48. The quantitative estimate of drug-likeness (QED) is 0.618. The molecule has 0 spiro atoms. The number of fused-ring (bicyclic) bond motifs is 1. The maximum Gasteiger partial charge on any atom is 0.244 e. The number of hydrogen-bond donors (Lipinski definition) is 1.